The van der Waals surface area contributed by atoms with Gasteiger partial charge in [-0.25, -0.2) is 0 Å². The predicted octanol–water partition coefficient (Wildman–Crippen LogP) is 1.73. The van der Waals surface area contributed by atoms with Gasteiger partial charge in [-0.15, -0.1) is 0 Å². The number of aromatic amines is 1. The monoisotopic (exact) mass is 343 g/mol. The van der Waals surface area contributed by atoms with Crippen LogP contribution < -0.4 is 11.1 Å². The minimum absolute atomic E-state index is 0.556. The summed E-state index contributed by atoms with van der Waals surface area (Å²) in [6, 6.07) is 8.40. The van der Waals surface area contributed by atoms with E-state index in [-0.39, 0.29) is 0 Å². The van der Waals surface area contributed by atoms with E-state index < -0.39 is 0 Å². The maximum atomic E-state index is 5.94. The predicted molar refractivity (Wildman–Crippen MR) is 103 cm³/mol. The Morgan fingerprint density at radius 1 is 1.24 bits per heavy atom. The molecule has 1 aliphatic rings. The normalized spacial score (nSPS) is 16.4. The Hall–Kier alpha value is -2.05. The molecule has 0 atom stereocenters. The Labute approximate surface area is 149 Å². The van der Waals surface area contributed by atoms with Crippen molar-refractivity contribution in [3.63, 3.8) is 0 Å². The molecule has 2 heterocycles. The van der Waals surface area contributed by atoms with Gasteiger partial charge in [-0.3, -0.25) is 9.89 Å². The van der Waals surface area contributed by atoms with Crippen LogP contribution in [0, 0.1) is 0 Å². The lowest BCUT2D eigenvalue weighted by Crippen LogP contribution is -2.39. The second kappa shape index (κ2) is 9.44. The number of nitrogens with zero attached hydrogens (tertiary/aromatic N) is 2. The highest BCUT2D eigenvalue weighted by Gasteiger charge is 2.09. The fraction of sp³-hybridized carbons (Fsp3) is 0.526. The molecule has 0 spiro atoms. The van der Waals surface area contributed by atoms with Crippen molar-refractivity contribution in [1.29, 1.82) is 0 Å². The lowest BCUT2D eigenvalue weighted by molar-refractivity contribution is 0.0376. The SMILES string of the molecule is NC(=NCCCc1c[nH]c2ccccc12)NCCCN1CCOCC1. The van der Waals surface area contributed by atoms with Gasteiger partial charge in [0.15, 0.2) is 5.96 Å². The number of para-hydroxylation sites is 1. The molecule has 1 aromatic heterocycles. The highest BCUT2D eigenvalue weighted by Crippen LogP contribution is 2.18. The maximum absolute atomic E-state index is 5.94. The van der Waals surface area contributed by atoms with Crippen LogP contribution >= 0.6 is 0 Å². The van der Waals surface area contributed by atoms with Crippen LogP contribution in [0.1, 0.15) is 18.4 Å². The van der Waals surface area contributed by atoms with Gasteiger partial charge in [-0.1, -0.05) is 18.2 Å². The van der Waals surface area contributed by atoms with Crippen molar-refractivity contribution in [3.8, 4) is 0 Å². The van der Waals surface area contributed by atoms with Crippen LogP contribution in [0.15, 0.2) is 35.5 Å². The van der Waals surface area contributed by atoms with Crippen molar-refractivity contribution in [2.45, 2.75) is 19.3 Å². The fourth-order valence-corrected chi connectivity index (χ4v) is 3.21. The number of guanidine groups is 1. The standard InChI is InChI=1S/C19H29N5O/c20-19(22-9-4-10-24-11-13-25-14-12-24)21-8-3-5-16-15-23-18-7-2-1-6-17(16)18/h1-2,6-7,15,23H,3-5,8-14H2,(H3,20,21,22). The van der Waals surface area contributed by atoms with Gasteiger partial charge in [0.05, 0.1) is 13.2 Å². The molecule has 4 N–H and O–H groups in total. The number of nitrogens with one attached hydrogen (secondary N) is 2. The number of aromatic nitrogens is 1. The van der Waals surface area contributed by atoms with Crippen LogP contribution in [0.4, 0.5) is 0 Å². The van der Waals surface area contributed by atoms with Gasteiger partial charge in [0.2, 0.25) is 0 Å². The topological polar surface area (TPSA) is 78.7 Å². The highest BCUT2D eigenvalue weighted by atomic mass is 16.5. The molecule has 0 radical (unpaired) electrons. The van der Waals surface area contributed by atoms with Gasteiger partial charge in [-0.2, -0.15) is 0 Å². The molecule has 136 valence electrons. The lowest BCUT2D eigenvalue weighted by atomic mass is 10.1. The molecule has 3 rings (SSSR count). The molecular formula is C19H29N5O. The highest BCUT2D eigenvalue weighted by molar-refractivity contribution is 5.83. The van der Waals surface area contributed by atoms with Gasteiger partial charge in [0, 0.05) is 43.3 Å². The van der Waals surface area contributed by atoms with Gasteiger partial charge >= 0.3 is 0 Å². The summed E-state index contributed by atoms with van der Waals surface area (Å²) in [6.07, 6.45) is 5.18. The molecule has 25 heavy (non-hydrogen) atoms. The number of hydrogen-bond acceptors (Lipinski definition) is 3. The number of rotatable bonds is 8. The van der Waals surface area contributed by atoms with Crippen molar-refractivity contribution >= 4 is 16.9 Å². The zero-order valence-corrected chi connectivity index (χ0v) is 14.8. The molecule has 0 saturated carbocycles. The second-order valence-electron chi connectivity index (χ2n) is 6.46. The molecule has 0 unspecified atom stereocenters. The number of ether oxygens (including phenoxy) is 1. The van der Waals surface area contributed by atoms with Gasteiger partial charge in [0.25, 0.3) is 0 Å². The summed E-state index contributed by atoms with van der Waals surface area (Å²) in [5.41, 5.74) is 8.49. The van der Waals surface area contributed by atoms with Crippen LogP contribution in [0.2, 0.25) is 0 Å². The van der Waals surface area contributed by atoms with E-state index in [0.717, 1.165) is 65.2 Å². The van der Waals surface area contributed by atoms with Gasteiger partial charge < -0.3 is 20.8 Å². The Bertz CT molecular complexity index is 675. The smallest absolute Gasteiger partial charge is 0.188 e. The third-order valence-electron chi connectivity index (χ3n) is 4.62. The molecule has 0 bridgehead atoms. The third kappa shape index (κ3) is 5.47. The first-order chi connectivity index (χ1) is 12.3. The largest absolute Gasteiger partial charge is 0.379 e. The van der Waals surface area contributed by atoms with E-state index in [4.69, 9.17) is 10.5 Å². The number of fused-ring (bicyclic) bond motifs is 1. The fourth-order valence-electron chi connectivity index (χ4n) is 3.21. The quantitative estimate of drug-likeness (QED) is 0.387. The van der Waals surface area contributed by atoms with Crippen LogP contribution in [0.5, 0.6) is 0 Å². The zero-order valence-electron chi connectivity index (χ0n) is 14.8. The molecule has 6 nitrogen and oxygen atoms in total. The van der Waals surface area contributed by atoms with Crippen molar-refractivity contribution < 1.29 is 4.74 Å². The minimum Gasteiger partial charge on any atom is -0.379 e. The van der Waals surface area contributed by atoms with Crippen molar-refractivity contribution in [2.24, 2.45) is 10.7 Å². The Morgan fingerprint density at radius 2 is 2.08 bits per heavy atom. The average Bonchev–Trinajstić information content (AvgIpc) is 3.06. The first-order valence-electron chi connectivity index (χ1n) is 9.22. The first kappa shape index (κ1) is 17.8. The minimum atomic E-state index is 0.556. The van der Waals surface area contributed by atoms with E-state index in [1.54, 1.807) is 0 Å². The molecule has 6 heteroatoms. The molecule has 2 aromatic rings. The van der Waals surface area contributed by atoms with E-state index in [1.807, 2.05) is 0 Å². The van der Waals surface area contributed by atoms with Crippen molar-refractivity contribution in [2.75, 3.05) is 45.9 Å². The first-order valence-corrected chi connectivity index (χ1v) is 9.22. The lowest BCUT2D eigenvalue weighted by Gasteiger charge is -2.26. The maximum Gasteiger partial charge on any atom is 0.188 e. The number of H-pyrrole nitrogens is 1. The number of benzene rings is 1. The molecule has 1 aliphatic heterocycles. The summed E-state index contributed by atoms with van der Waals surface area (Å²) in [4.78, 5) is 10.2. The summed E-state index contributed by atoms with van der Waals surface area (Å²) in [7, 11) is 0. The van der Waals surface area contributed by atoms with E-state index in [9.17, 15) is 0 Å². The molecule has 0 amide bonds. The number of hydrogen-bond donors (Lipinski definition) is 3. The van der Waals surface area contributed by atoms with Gasteiger partial charge in [0.1, 0.15) is 0 Å². The van der Waals surface area contributed by atoms with E-state index >= 15 is 0 Å². The zero-order chi connectivity index (χ0) is 17.3. The summed E-state index contributed by atoms with van der Waals surface area (Å²) in [6.45, 7) is 6.50. The molecule has 1 aromatic carbocycles. The molecule has 0 aliphatic carbocycles. The van der Waals surface area contributed by atoms with Crippen LogP contribution in [-0.2, 0) is 11.2 Å². The average molecular weight is 343 g/mol. The molecule has 1 saturated heterocycles. The Morgan fingerprint density at radius 3 is 2.96 bits per heavy atom. The van der Waals surface area contributed by atoms with Crippen LogP contribution in [0.3, 0.4) is 0 Å². The summed E-state index contributed by atoms with van der Waals surface area (Å²) in [5, 5.41) is 4.52. The molecular weight excluding hydrogens is 314 g/mol. The number of nitrogens with two attached hydrogens (primary N) is 1. The van der Waals surface area contributed by atoms with E-state index in [1.165, 1.54) is 16.5 Å². The van der Waals surface area contributed by atoms with Crippen molar-refractivity contribution in [3.05, 3.63) is 36.0 Å². The van der Waals surface area contributed by atoms with Crippen LogP contribution in [0.25, 0.3) is 10.9 Å². The summed E-state index contributed by atoms with van der Waals surface area (Å²) >= 11 is 0. The Kier molecular flexibility index (Phi) is 6.71. The van der Waals surface area contributed by atoms with E-state index in [0.29, 0.717) is 5.96 Å². The number of morpholine rings is 1. The second-order valence-corrected chi connectivity index (χ2v) is 6.46. The number of aryl methyl sites for hydroxylation is 1. The summed E-state index contributed by atoms with van der Waals surface area (Å²) in [5.74, 6) is 0.556. The van der Waals surface area contributed by atoms with Gasteiger partial charge in [-0.05, 0) is 37.4 Å². The number of aliphatic imine (C=N–C) groups is 1. The van der Waals surface area contributed by atoms with Crippen molar-refractivity contribution in [1.82, 2.24) is 15.2 Å². The summed E-state index contributed by atoms with van der Waals surface area (Å²) < 4.78 is 5.35. The van der Waals surface area contributed by atoms with E-state index in [2.05, 4.69) is 50.7 Å². The van der Waals surface area contributed by atoms with Crippen LogP contribution in [-0.4, -0.2) is 61.8 Å². The molecule has 1 fully saturated rings. The third-order valence-corrected chi connectivity index (χ3v) is 4.62. The Balaban J connectivity index is 1.30.